The lowest BCUT2D eigenvalue weighted by Gasteiger charge is -2.14. The zero-order valence-electron chi connectivity index (χ0n) is 12.3. The zero-order valence-corrected chi connectivity index (χ0v) is 14.0. The Bertz CT molecular complexity index is 590. The molecule has 5 nitrogen and oxygen atoms in total. The van der Waals surface area contributed by atoms with Crippen molar-refractivity contribution in [2.45, 2.75) is 42.4 Å². The lowest BCUT2D eigenvalue weighted by atomic mass is 10.3. The molecule has 2 unspecified atom stereocenters. The average Bonchev–Trinajstić information content (AvgIpc) is 2.85. The third kappa shape index (κ3) is 4.05. The Hall–Kier alpha value is -0.920. The van der Waals surface area contributed by atoms with E-state index in [0.717, 1.165) is 25.0 Å². The summed E-state index contributed by atoms with van der Waals surface area (Å²) in [6.07, 6.45) is 2.85. The molecule has 0 aromatic heterocycles. The minimum atomic E-state index is -3.52. The van der Waals surface area contributed by atoms with Crippen LogP contribution in [0.2, 0.25) is 0 Å². The third-order valence-corrected chi connectivity index (χ3v) is 6.37. The van der Waals surface area contributed by atoms with Crippen LogP contribution in [0.25, 0.3) is 0 Å². The Morgan fingerprint density at radius 3 is 2.81 bits per heavy atom. The standard InChI is InChI=1S/C14H22N2O3S2/c1-3-20-11-5-4-10(8-11)16-21(17,18)12-6-7-14(19-2)13(15)9-12/h6-7,9-11,16H,3-5,8,15H2,1-2H3. The Balaban J connectivity index is 2.07. The summed E-state index contributed by atoms with van der Waals surface area (Å²) >= 11 is 1.90. The minimum Gasteiger partial charge on any atom is -0.495 e. The van der Waals surface area contributed by atoms with Crippen molar-refractivity contribution in [1.82, 2.24) is 4.72 Å². The molecule has 118 valence electrons. The van der Waals surface area contributed by atoms with E-state index in [4.69, 9.17) is 10.5 Å². The van der Waals surface area contributed by atoms with Crippen LogP contribution in [0, 0.1) is 0 Å². The molecule has 1 aliphatic carbocycles. The van der Waals surface area contributed by atoms with Gasteiger partial charge in [-0.3, -0.25) is 0 Å². The molecule has 1 aromatic carbocycles. The maximum atomic E-state index is 12.4. The summed E-state index contributed by atoms with van der Waals surface area (Å²) in [5.74, 6) is 1.55. The minimum absolute atomic E-state index is 0.0161. The summed E-state index contributed by atoms with van der Waals surface area (Å²) in [6, 6.07) is 4.55. The van der Waals surface area contributed by atoms with Crippen molar-refractivity contribution in [1.29, 1.82) is 0 Å². The highest BCUT2D eigenvalue weighted by Crippen LogP contribution is 2.31. The highest BCUT2D eigenvalue weighted by molar-refractivity contribution is 7.99. The maximum absolute atomic E-state index is 12.4. The molecule has 0 heterocycles. The average molecular weight is 330 g/mol. The SMILES string of the molecule is CCSC1CCC(NS(=O)(=O)c2ccc(OC)c(N)c2)C1. The number of nitrogen functional groups attached to an aromatic ring is 1. The predicted molar refractivity (Wildman–Crippen MR) is 87.3 cm³/mol. The van der Waals surface area contributed by atoms with Gasteiger partial charge in [0.25, 0.3) is 0 Å². The summed E-state index contributed by atoms with van der Waals surface area (Å²) in [5.41, 5.74) is 6.10. The number of nitrogens with two attached hydrogens (primary N) is 1. The Labute approximate surface area is 130 Å². The number of thioether (sulfide) groups is 1. The first-order valence-electron chi connectivity index (χ1n) is 7.03. The van der Waals surface area contributed by atoms with Crippen molar-refractivity contribution < 1.29 is 13.2 Å². The molecule has 21 heavy (non-hydrogen) atoms. The van der Waals surface area contributed by atoms with Crippen molar-refractivity contribution in [3.63, 3.8) is 0 Å². The summed E-state index contributed by atoms with van der Waals surface area (Å²) in [5, 5.41) is 0.559. The Kier molecular flexibility index (Phi) is 5.40. The van der Waals surface area contributed by atoms with E-state index in [1.807, 2.05) is 11.8 Å². The van der Waals surface area contributed by atoms with Gasteiger partial charge in [0.05, 0.1) is 17.7 Å². The Morgan fingerprint density at radius 1 is 1.43 bits per heavy atom. The van der Waals surface area contributed by atoms with E-state index < -0.39 is 10.0 Å². The fourth-order valence-corrected chi connectivity index (χ4v) is 5.06. The van der Waals surface area contributed by atoms with E-state index in [1.165, 1.54) is 19.2 Å². The molecule has 1 aromatic rings. The lowest BCUT2D eigenvalue weighted by Crippen LogP contribution is -2.33. The summed E-state index contributed by atoms with van der Waals surface area (Å²) in [7, 11) is -2.02. The second-order valence-electron chi connectivity index (χ2n) is 5.11. The molecule has 0 amide bonds. The molecule has 1 aliphatic rings. The van der Waals surface area contributed by atoms with Gasteiger partial charge in [0.15, 0.2) is 0 Å². The van der Waals surface area contributed by atoms with Crippen LogP contribution in [-0.4, -0.2) is 32.6 Å². The van der Waals surface area contributed by atoms with Gasteiger partial charge in [0.1, 0.15) is 5.75 Å². The number of nitrogens with one attached hydrogen (secondary N) is 1. The number of rotatable bonds is 6. The van der Waals surface area contributed by atoms with Crippen LogP contribution in [0.15, 0.2) is 23.1 Å². The molecule has 2 rings (SSSR count). The lowest BCUT2D eigenvalue weighted by molar-refractivity contribution is 0.416. The number of hydrogen-bond acceptors (Lipinski definition) is 5. The van der Waals surface area contributed by atoms with Crippen molar-refractivity contribution in [3.8, 4) is 5.75 Å². The smallest absolute Gasteiger partial charge is 0.240 e. The van der Waals surface area contributed by atoms with Gasteiger partial charge >= 0.3 is 0 Å². The number of hydrogen-bond donors (Lipinski definition) is 2. The first kappa shape index (κ1) is 16.5. The van der Waals surface area contributed by atoms with Gasteiger partial charge in [-0.05, 0) is 43.2 Å². The van der Waals surface area contributed by atoms with Gasteiger partial charge in [-0.15, -0.1) is 0 Å². The molecule has 0 aliphatic heterocycles. The van der Waals surface area contributed by atoms with Crippen LogP contribution in [0.1, 0.15) is 26.2 Å². The first-order chi connectivity index (χ1) is 9.96. The van der Waals surface area contributed by atoms with Gasteiger partial charge < -0.3 is 10.5 Å². The largest absolute Gasteiger partial charge is 0.495 e. The van der Waals surface area contributed by atoms with Crippen LogP contribution in [-0.2, 0) is 10.0 Å². The number of benzene rings is 1. The number of sulfonamides is 1. The van der Waals surface area contributed by atoms with Gasteiger partial charge in [-0.1, -0.05) is 6.92 Å². The first-order valence-corrected chi connectivity index (χ1v) is 9.57. The molecule has 1 saturated carbocycles. The second-order valence-corrected chi connectivity index (χ2v) is 8.40. The van der Waals surface area contributed by atoms with Gasteiger partial charge in [-0.25, -0.2) is 13.1 Å². The van der Waals surface area contributed by atoms with Gasteiger partial charge in [0.2, 0.25) is 10.0 Å². The molecule has 2 atom stereocenters. The second kappa shape index (κ2) is 6.89. The summed E-state index contributed by atoms with van der Waals surface area (Å²) in [4.78, 5) is 0.187. The summed E-state index contributed by atoms with van der Waals surface area (Å²) in [6.45, 7) is 2.13. The van der Waals surface area contributed by atoms with E-state index in [-0.39, 0.29) is 10.9 Å². The highest BCUT2D eigenvalue weighted by Gasteiger charge is 2.28. The van der Waals surface area contributed by atoms with Crippen molar-refractivity contribution >= 4 is 27.5 Å². The van der Waals surface area contributed by atoms with E-state index in [1.54, 1.807) is 6.07 Å². The molecule has 0 bridgehead atoms. The van der Waals surface area contributed by atoms with Crippen molar-refractivity contribution in [2.24, 2.45) is 0 Å². The summed E-state index contributed by atoms with van der Waals surface area (Å²) < 4.78 is 32.6. The van der Waals surface area contributed by atoms with E-state index >= 15 is 0 Å². The quantitative estimate of drug-likeness (QED) is 0.782. The number of ether oxygens (including phenoxy) is 1. The molecular formula is C14H22N2O3S2. The normalized spacial score (nSPS) is 22.4. The van der Waals surface area contributed by atoms with E-state index in [9.17, 15) is 8.42 Å². The van der Waals surface area contributed by atoms with Gasteiger partial charge in [0, 0.05) is 11.3 Å². The molecule has 0 spiro atoms. The molecule has 0 saturated heterocycles. The van der Waals surface area contributed by atoms with E-state index in [2.05, 4.69) is 11.6 Å². The van der Waals surface area contributed by atoms with Gasteiger partial charge in [-0.2, -0.15) is 11.8 Å². The zero-order chi connectivity index (χ0) is 15.5. The Morgan fingerprint density at radius 2 is 2.19 bits per heavy atom. The topological polar surface area (TPSA) is 81.4 Å². The van der Waals surface area contributed by atoms with Crippen LogP contribution in [0.4, 0.5) is 5.69 Å². The molecule has 0 radical (unpaired) electrons. The van der Waals surface area contributed by atoms with Crippen molar-refractivity contribution in [2.75, 3.05) is 18.6 Å². The van der Waals surface area contributed by atoms with Crippen LogP contribution in [0.3, 0.4) is 0 Å². The van der Waals surface area contributed by atoms with Crippen LogP contribution in [0.5, 0.6) is 5.75 Å². The molecule has 7 heteroatoms. The number of methoxy groups -OCH3 is 1. The molecule has 3 N–H and O–H groups in total. The van der Waals surface area contributed by atoms with Crippen molar-refractivity contribution in [3.05, 3.63) is 18.2 Å². The van der Waals surface area contributed by atoms with Crippen LogP contribution >= 0.6 is 11.8 Å². The van der Waals surface area contributed by atoms with Crippen LogP contribution < -0.4 is 15.2 Å². The molecule has 1 fully saturated rings. The number of anilines is 1. The monoisotopic (exact) mass is 330 g/mol. The fraction of sp³-hybridized carbons (Fsp3) is 0.571. The highest BCUT2D eigenvalue weighted by atomic mass is 32.2. The maximum Gasteiger partial charge on any atom is 0.240 e. The predicted octanol–water partition coefficient (Wildman–Crippen LogP) is 2.23. The molecular weight excluding hydrogens is 308 g/mol. The fourth-order valence-electron chi connectivity index (χ4n) is 2.60. The third-order valence-electron chi connectivity index (χ3n) is 3.62. The van der Waals surface area contributed by atoms with E-state index in [0.29, 0.717) is 16.7 Å².